The van der Waals surface area contributed by atoms with Gasteiger partial charge in [0.2, 0.25) is 0 Å². The van der Waals surface area contributed by atoms with Gasteiger partial charge in [-0.15, -0.1) is 21.2 Å². The number of nitrogens with zero attached hydrogens (tertiary/aromatic N) is 1. The number of alkyl halides is 2. The second-order valence-electron chi connectivity index (χ2n) is 5.46. The summed E-state index contributed by atoms with van der Waals surface area (Å²) in [5.41, 5.74) is 1.01. The summed E-state index contributed by atoms with van der Waals surface area (Å²) in [6, 6.07) is 5.38. The topological polar surface area (TPSA) is 33.7 Å². The summed E-state index contributed by atoms with van der Waals surface area (Å²) < 4.78 is 35.2. The first-order chi connectivity index (χ1) is 10.1. The number of piperazine rings is 1. The van der Waals surface area contributed by atoms with E-state index in [2.05, 4.69) is 26.6 Å². The average molecular weight is 335 g/mol. The third-order valence-corrected chi connectivity index (χ3v) is 3.96. The zero-order chi connectivity index (χ0) is 14.9. The molecule has 0 aromatic heterocycles. The minimum Gasteiger partial charge on any atom is -0.395 e. The highest BCUT2D eigenvalue weighted by molar-refractivity contribution is 5.85. The van der Waals surface area contributed by atoms with Crippen molar-refractivity contribution in [3.8, 4) is 11.5 Å². The standard InChI is InChI=1S/C15H20F2N2O2.ClH/c1-2-3-12(19-8-6-18-7-9-19)11-4-5-13-14(10-11)21-15(16,17)20-13;/h4-5,10,12,18H,2-3,6-9H2,1H3;1H/t12-;/m0./s1. The molecular formula is C15H21ClF2N2O2. The molecule has 4 nitrogen and oxygen atoms in total. The normalized spacial score (nSPS) is 21.2. The second-order valence-corrected chi connectivity index (χ2v) is 5.46. The monoisotopic (exact) mass is 334 g/mol. The van der Waals surface area contributed by atoms with Crippen LogP contribution in [0.5, 0.6) is 11.5 Å². The summed E-state index contributed by atoms with van der Waals surface area (Å²) in [6.45, 7) is 5.99. The molecule has 0 saturated carbocycles. The molecule has 1 saturated heterocycles. The highest BCUT2D eigenvalue weighted by Crippen LogP contribution is 2.43. The molecule has 7 heteroatoms. The molecule has 0 unspecified atom stereocenters. The molecule has 2 heterocycles. The maximum Gasteiger partial charge on any atom is 0.586 e. The van der Waals surface area contributed by atoms with E-state index in [9.17, 15) is 8.78 Å². The molecule has 1 aromatic carbocycles. The van der Waals surface area contributed by atoms with Gasteiger partial charge in [-0.05, 0) is 24.1 Å². The van der Waals surface area contributed by atoms with Gasteiger partial charge < -0.3 is 14.8 Å². The van der Waals surface area contributed by atoms with E-state index in [0.717, 1.165) is 44.6 Å². The van der Waals surface area contributed by atoms with Gasteiger partial charge in [-0.1, -0.05) is 19.4 Å². The predicted molar refractivity (Wildman–Crippen MR) is 82.0 cm³/mol. The van der Waals surface area contributed by atoms with Crippen molar-refractivity contribution in [1.29, 1.82) is 0 Å². The molecule has 1 aromatic rings. The maximum atomic E-state index is 13.1. The first kappa shape index (κ1) is 17.2. The smallest absolute Gasteiger partial charge is 0.395 e. The number of rotatable bonds is 4. The van der Waals surface area contributed by atoms with Crippen LogP contribution in [0.25, 0.3) is 0 Å². The summed E-state index contributed by atoms with van der Waals surface area (Å²) in [5.74, 6) is 0.244. The summed E-state index contributed by atoms with van der Waals surface area (Å²) in [7, 11) is 0. The Morgan fingerprint density at radius 2 is 1.91 bits per heavy atom. The van der Waals surface area contributed by atoms with E-state index in [1.807, 2.05) is 6.07 Å². The largest absolute Gasteiger partial charge is 0.586 e. The van der Waals surface area contributed by atoms with Gasteiger partial charge in [0.05, 0.1) is 0 Å². The van der Waals surface area contributed by atoms with Crippen LogP contribution in [0.4, 0.5) is 8.78 Å². The van der Waals surface area contributed by atoms with Crippen LogP contribution in [-0.4, -0.2) is 37.4 Å². The summed E-state index contributed by atoms with van der Waals surface area (Å²) in [5, 5.41) is 3.33. The molecule has 1 fully saturated rings. The van der Waals surface area contributed by atoms with Crippen molar-refractivity contribution in [3.05, 3.63) is 23.8 Å². The molecule has 0 aliphatic carbocycles. The highest BCUT2D eigenvalue weighted by Gasteiger charge is 2.43. The second kappa shape index (κ2) is 6.98. The molecule has 22 heavy (non-hydrogen) atoms. The minimum atomic E-state index is -3.55. The molecule has 3 rings (SSSR count). The van der Waals surface area contributed by atoms with Gasteiger partial charge in [0.15, 0.2) is 11.5 Å². The Balaban J connectivity index is 0.00000176. The van der Waals surface area contributed by atoms with Crippen LogP contribution in [0.3, 0.4) is 0 Å². The van der Waals surface area contributed by atoms with Gasteiger partial charge in [-0.3, -0.25) is 4.90 Å². The van der Waals surface area contributed by atoms with E-state index in [-0.39, 0.29) is 29.9 Å². The number of benzene rings is 1. The SMILES string of the molecule is CCC[C@@H](c1ccc2c(c1)OC(F)(F)O2)N1CCNCC1.Cl. The Morgan fingerprint density at radius 3 is 2.59 bits per heavy atom. The Kier molecular flexibility index (Phi) is 5.47. The van der Waals surface area contributed by atoms with Gasteiger partial charge >= 0.3 is 6.29 Å². The van der Waals surface area contributed by atoms with E-state index in [0.29, 0.717) is 0 Å². The molecule has 1 N–H and O–H groups in total. The van der Waals surface area contributed by atoms with Crippen molar-refractivity contribution in [2.24, 2.45) is 0 Å². The number of nitrogens with one attached hydrogen (secondary N) is 1. The van der Waals surface area contributed by atoms with Crippen LogP contribution in [-0.2, 0) is 0 Å². The van der Waals surface area contributed by atoms with Crippen molar-refractivity contribution in [1.82, 2.24) is 10.2 Å². The van der Waals surface area contributed by atoms with Gasteiger partial charge in [-0.25, -0.2) is 0 Å². The third-order valence-electron chi connectivity index (χ3n) is 3.96. The lowest BCUT2D eigenvalue weighted by atomic mass is 9.99. The fraction of sp³-hybridized carbons (Fsp3) is 0.600. The Bertz CT molecular complexity index is 510. The van der Waals surface area contributed by atoms with Gasteiger partial charge in [-0.2, -0.15) is 0 Å². The third kappa shape index (κ3) is 3.62. The lowest BCUT2D eigenvalue weighted by Crippen LogP contribution is -2.45. The van der Waals surface area contributed by atoms with Crippen molar-refractivity contribution in [2.45, 2.75) is 32.1 Å². The predicted octanol–water partition coefficient (Wildman–Crippen LogP) is 3.18. The molecule has 2 aliphatic rings. The van der Waals surface area contributed by atoms with Gasteiger partial charge in [0, 0.05) is 32.2 Å². The van der Waals surface area contributed by atoms with E-state index in [1.54, 1.807) is 12.1 Å². The molecule has 0 spiro atoms. The summed E-state index contributed by atoms with van der Waals surface area (Å²) in [4.78, 5) is 2.40. The Hall–Kier alpha value is -1.11. The van der Waals surface area contributed by atoms with E-state index in [4.69, 9.17) is 0 Å². The fourth-order valence-corrected chi connectivity index (χ4v) is 3.00. The lowest BCUT2D eigenvalue weighted by Gasteiger charge is -2.35. The maximum absolute atomic E-state index is 13.1. The molecule has 0 bridgehead atoms. The lowest BCUT2D eigenvalue weighted by molar-refractivity contribution is -0.286. The van der Waals surface area contributed by atoms with Crippen molar-refractivity contribution >= 4 is 12.4 Å². The van der Waals surface area contributed by atoms with E-state index < -0.39 is 6.29 Å². The van der Waals surface area contributed by atoms with Crippen LogP contribution in [0.1, 0.15) is 31.4 Å². The quantitative estimate of drug-likeness (QED) is 0.917. The summed E-state index contributed by atoms with van der Waals surface area (Å²) in [6.07, 6.45) is -1.51. The number of halogens is 3. The van der Waals surface area contributed by atoms with Gasteiger partial charge in [0.25, 0.3) is 0 Å². The van der Waals surface area contributed by atoms with E-state index in [1.165, 1.54) is 0 Å². The van der Waals surface area contributed by atoms with Gasteiger partial charge in [0.1, 0.15) is 0 Å². The molecule has 0 amide bonds. The van der Waals surface area contributed by atoms with Crippen LogP contribution in [0, 0.1) is 0 Å². The molecule has 0 radical (unpaired) electrons. The fourth-order valence-electron chi connectivity index (χ4n) is 3.00. The summed E-state index contributed by atoms with van der Waals surface area (Å²) >= 11 is 0. The zero-order valence-electron chi connectivity index (χ0n) is 12.5. The number of hydrogen-bond acceptors (Lipinski definition) is 4. The van der Waals surface area contributed by atoms with Crippen LogP contribution < -0.4 is 14.8 Å². The first-order valence-corrected chi connectivity index (χ1v) is 7.43. The van der Waals surface area contributed by atoms with Crippen LogP contribution in [0.2, 0.25) is 0 Å². The number of fused-ring (bicyclic) bond motifs is 1. The average Bonchev–Trinajstić information content (AvgIpc) is 2.78. The zero-order valence-corrected chi connectivity index (χ0v) is 13.3. The van der Waals surface area contributed by atoms with Crippen molar-refractivity contribution in [3.63, 3.8) is 0 Å². The molecular weight excluding hydrogens is 314 g/mol. The molecule has 124 valence electrons. The number of ether oxygens (including phenoxy) is 2. The van der Waals surface area contributed by atoms with E-state index >= 15 is 0 Å². The van der Waals surface area contributed by atoms with Crippen molar-refractivity contribution < 1.29 is 18.3 Å². The van der Waals surface area contributed by atoms with Crippen LogP contribution >= 0.6 is 12.4 Å². The minimum absolute atomic E-state index is 0. The molecule has 2 aliphatic heterocycles. The Labute approximate surface area is 135 Å². The van der Waals surface area contributed by atoms with Crippen molar-refractivity contribution in [2.75, 3.05) is 26.2 Å². The Morgan fingerprint density at radius 1 is 1.23 bits per heavy atom. The van der Waals surface area contributed by atoms with Crippen LogP contribution in [0.15, 0.2) is 18.2 Å². The molecule has 1 atom stereocenters. The first-order valence-electron chi connectivity index (χ1n) is 7.43. The highest BCUT2D eigenvalue weighted by atomic mass is 35.5. The number of hydrogen-bond donors (Lipinski definition) is 1.